The van der Waals surface area contributed by atoms with Crippen molar-refractivity contribution in [2.45, 2.75) is 13.8 Å². The summed E-state index contributed by atoms with van der Waals surface area (Å²) in [5, 5.41) is 18.9. The maximum Gasteiger partial charge on any atom is 0.337 e. The van der Waals surface area contributed by atoms with Gasteiger partial charge in [0.2, 0.25) is 11.8 Å². The van der Waals surface area contributed by atoms with Crippen LogP contribution in [0.2, 0.25) is 0 Å². The van der Waals surface area contributed by atoms with Gasteiger partial charge >= 0.3 is 11.9 Å². The molecular formula is C48H54N4O14. The predicted octanol–water partition coefficient (Wildman–Crippen LogP) is 5.39. The van der Waals surface area contributed by atoms with E-state index in [1.54, 1.807) is 47.2 Å². The minimum Gasteiger partial charge on any atom is -0.478 e. The molecule has 0 aliphatic carbocycles. The molecule has 0 bridgehead atoms. The molecule has 0 aliphatic rings. The smallest absolute Gasteiger partial charge is 0.337 e. The molecule has 4 aromatic heterocycles. The topological polar surface area (TPSA) is 243 Å². The average molecular weight is 911 g/mol. The summed E-state index contributed by atoms with van der Waals surface area (Å²) < 4.78 is 49.2. The molecule has 0 amide bonds. The number of ether oxygens (including phenoxy) is 8. The van der Waals surface area contributed by atoms with Crippen LogP contribution in [-0.4, -0.2) is 135 Å². The van der Waals surface area contributed by atoms with Crippen molar-refractivity contribution < 1.29 is 67.3 Å². The van der Waals surface area contributed by atoms with Gasteiger partial charge in [0.15, 0.2) is 11.6 Å². The zero-order valence-electron chi connectivity index (χ0n) is 36.8. The number of nitrogens with zero attached hydrogens (tertiary/aromatic N) is 2. The largest absolute Gasteiger partial charge is 0.478 e. The molecule has 0 saturated carbocycles. The number of pyridine rings is 2. The number of aromatic nitrogens is 2. The van der Waals surface area contributed by atoms with Gasteiger partial charge in [0.1, 0.15) is 13.2 Å². The summed E-state index contributed by atoms with van der Waals surface area (Å²) >= 11 is 0. The molecule has 4 heterocycles. The van der Waals surface area contributed by atoms with Crippen LogP contribution in [0.25, 0.3) is 11.0 Å². The van der Waals surface area contributed by atoms with Crippen LogP contribution in [0.15, 0.2) is 85.2 Å². The molecule has 0 aliphatic heterocycles. The van der Waals surface area contributed by atoms with E-state index in [4.69, 9.17) is 49.4 Å². The lowest BCUT2D eigenvalue weighted by Crippen LogP contribution is -2.15. The van der Waals surface area contributed by atoms with Crippen LogP contribution in [-0.2, 0) is 28.4 Å². The Morgan fingerprint density at radius 3 is 1.11 bits per heavy atom. The lowest BCUT2D eigenvalue weighted by atomic mass is 9.98. The Labute approximate surface area is 380 Å². The van der Waals surface area contributed by atoms with Gasteiger partial charge in [0.25, 0.3) is 0 Å². The monoisotopic (exact) mass is 910 g/mol. The third-order valence-corrected chi connectivity index (χ3v) is 10.4. The van der Waals surface area contributed by atoms with Crippen LogP contribution < -0.4 is 20.9 Å². The Morgan fingerprint density at radius 2 is 0.788 bits per heavy atom. The lowest BCUT2D eigenvalue weighted by molar-refractivity contribution is -0.0188. The Bertz CT molecular complexity index is 2460. The highest BCUT2D eigenvalue weighted by atomic mass is 16.6. The maximum absolute atomic E-state index is 13.6. The van der Waals surface area contributed by atoms with Crippen molar-refractivity contribution in [1.82, 2.24) is 8.80 Å². The molecule has 0 radical (unpaired) electrons. The van der Waals surface area contributed by atoms with Gasteiger partial charge in [-0.3, -0.25) is 18.4 Å². The van der Waals surface area contributed by atoms with Crippen LogP contribution in [0.3, 0.4) is 0 Å². The van der Waals surface area contributed by atoms with Crippen LogP contribution in [0, 0.1) is 13.8 Å². The summed E-state index contributed by atoms with van der Waals surface area (Å²) in [6.45, 7) is 8.48. The number of fused-ring (bicyclic) bond motifs is 2. The Hall–Kier alpha value is -6.80. The van der Waals surface area contributed by atoms with E-state index in [1.165, 1.54) is 36.4 Å². The first-order chi connectivity index (χ1) is 32.0. The highest BCUT2D eigenvalue weighted by Gasteiger charge is 2.25. The van der Waals surface area contributed by atoms with E-state index in [-0.39, 0.29) is 58.4 Å². The molecule has 2 aromatic carbocycles. The van der Waals surface area contributed by atoms with Crippen LogP contribution in [0.4, 0.5) is 11.4 Å². The number of carbonyl (C=O) groups is 4. The standard InChI is InChI=1S/C48H54N4O14/c1-31-41(43(53)33-9-11-37(49)35(29-33)47(55)56)39-7-3-5-13-51(39)45(31)65-27-25-63-23-21-61-19-17-59-15-16-60-18-20-62-22-24-64-26-28-66-46-32(2)42(40-8-4-6-14-52(40)46)44(54)34-10-12-38(50)36(30-34)48(57)58/h3-14,29-30H,15-28,49-50H2,1-2H3,(H,55,56)(H,57,58). The van der Waals surface area contributed by atoms with Gasteiger partial charge in [0.05, 0.1) is 113 Å². The Balaban J connectivity index is 0.766. The van der Waals surface area contributed by atoms with Crippen molar-refractivity contribution in [2.75, 3.05) is 104 Å². The quantitative estimate of drug-likeness (QED) is 0.0262. The summed E-state index contributed by atoms with van der Waals surface area (Å²) in [5.41, 5.74) is 15.2. The van der Waals surface area contributed by atoms with Crippen molar-refractivity contribution in [3.05, 3.63) is 130 Å². The number of carbonyl (C=O) groups excluding carboxylic acids is 2. The zero-order chi connectivity index (χ0) is 47.0. The van der Waals surface area contributed by atoms with Gasteiger partial charge in [-0.1, -0.05) is 12.1 Å². The van der Waals surface area contributed by atoms with E-state index in [2.05, 4.69) is 0 Å². The van der Waals surface area contributed by atoms with Gasteiger partial charge in [-0.05, 0) is 74.5 Å². The molecule has 0 fully saturated rings. The number of aromatic carboxylic acids is 2. The van der Waals surface area contributed by atoms with Gasteiger partial charge in [-0.25, -0.2) is 9.59 Å². The summed E-state index contributed by atoms with van der Waals surface area (Å²) in [4.78, 5) is 50.3. The molecule has 0 spiro atoms. The van der Waals surface area contributed by atoms with Gasteiger partial charge in [0, 0.05) is 46.0 Å². The van der Waals surface area contributed by atoms with E-state index in [9.17, 15) is 29.4 Å². The lowest BCUT2D eigenvalue weighted by Gasteiger charge is -2.10. The molecule has 0 atom stereocenters. The van der Waals surface area contributed by atoms with Gasteiger partial charge < -0.3 is 59.6 Å². The molecular weight excluding hydrogens is 857 g/mol. The second-order valence-corrected chi connectivity index (χ2v) is 14.8. The van der Waals surface area contributed by atoms with Crippen LogP contribution in [0.1, 0.15) is 63.7 Å². The van der Waals surface area contributed by atoms with Crippen molar-refractivity contribution in [3.63, 3.8) is 0 Å². The van der Waals surface area contributed by atoms with Crippen LogP contribution in [0.5, 0.6) is 11.8 Å². The molecule has 0 unspecified atom stereocenters. The number of ketones is 2. The highest BCUT2D eigenvalue weighted by Crippen LogP contribution is 2.33. The van der Waals surface area contributed by atoms with Crippen molar-refractivity contribution >= 4 is 45.9 Å². The van der Waals surface area contributed by atoms with E-state index >= 15 is 0 Å². The maximum atomic E-state index is 13.6. The first kappa shape index (κ1) is 48.7. The predicted molar refractivity (Wildman–Crippen MR) is 243 cm³/mol. The number of nitrogen functional groups attached to an aromatic ring is 2. The number of benzene rings is 2. The number of hydrogen-bond donors (Lipinski definition) is 4. The molecule has 6 N–H and O–H groups in total. The summed E-state index contributed by atoms with van der Waals surface area (Å²) in [6.07, 6.45) is 3.59. The summed E-state index contributed by atoms with van der Waals surface area (Å²) in [6, 6.07) is 19.3. The summed E-state index contributed by atoms with van der Waals surface area (Å²) in [7, 11) is 0. The van der Waals surface area contributed by atoms with Gasteiger partial charge in [-0.15, -0.1) is 0 Å². The van der Waals surface area contributed by atoms with Crippen molar-refractivity contribution in [1.29, 1.82) is 0 Å². The third kappa shape index (κ3) is 12.1. The normalized spacial score (nSPS) is 11.4. The van der Waals surface area contributed by atoms with Crippen LogP contribution >= 0.6 is 0 Å². The first-order valence-electron chi connectivity index (χ1n) is 21.3. The Morgan fingerprint density at radius 1 is 0.470 bits per heavy atom. The SMILES string of the molecule is Cc1c(C(=O)c2ccc(N)c(C(=O)O)c2)c2ccccn2c1OCCOCCOCCOCCOCCOCCOCCOc1c(C)c(C(=O)c2ccc(N)c(C(=O)O)c2)c2ccccn12. The highest BCUT2D eigenvalue weighted by molar-refractivity contribution is 6.16. The third-order valence-electron chi connectivity index (χ3n) is 10.4. The second-order valence-electron chi connectivity index (χ2n) is 14.8. The molecule has 6 rings (SSSR count). The molecule has 18 nitrogen and oxygen atoms in total. The number of nitrogens with two attached hydrogens (primary N) is 2. The molecule has 6 aromatic rings. The number of anilines is 2. The second kappa shape index (κ2) is 23.9. The number of hydrogen-bond acceptors (Lipinski definition) is 14. The minimum absolute atomic E-state index is 0.0791. The van der Waals surface area contributed by atoms with E-state index in [0.29, 0.717) is 124 Å². The fourth-order valence-electron chi connectivity index (χ4n) is 7.19. The molecule has 18 heteroatoms. The first-order valence-corrected chi connectivity index (χ1v) is 21.3. The van der Waals surface area contributed by atoms with Crippen molar-refractivity contribution in [2.24, 2.45) is 0 Å². The van der Waals surface area contributed by atoms with Gasteiger partial charge in [-0.2, -0.15) is 0 Å². The zero-order valence-corrected chi connectivity index (χ0v) is 36.8. The number of carboxylic acids is 2. The van der Waals surface area contributed by atoms with E-state index in [1.807, 2.05) is 24.3 Å². The fourth-order valence-corrected chi connectivity index (χ4v) is 7.19. The molecule has 66 heavy (non-hydrogen) atoms. The van der Waals surface area contributed by atoms with E-state index < -0.39 is 11.9 Å². The fraction of sp³-hybridized carbons (Fsp3) is 0.333. The summed E-state index contributed by atoms with van der Waals surface area (Å²) in [5.74, 6) is -2.11. The number of rotatable bonds is 29. The molecule has 0 saturated heterocycles. The minimum atomic E-state index is -1.21. The number of carboxylic acid groups (broad SMARTS) is 2. The Kier molecular flexibility index (Phi) is 17.6. The van der Waals surface area contributed by atoms with E-state index in [0.717, 1.165) is 0 Å². The molecule has 350 valence electrons. The average Bonchev–Trinajstić information content (AvgIpc) is 3.75. The van der Waals surface area contributed by atoms with Crippen molar-refractivity contribution in [3.8, 4) is 11.8 Å².